The van der Waals surface area contributed by atoms with Crippen LogP contribution in [0.15, 0.2) is 18.2 Å². The van der Waals surface area contributed by atoms with Crippen molar-refractivity contribution in [1.82, 2.24) is 4.90 Å². The zero-order valence-electron chi connectivity index (χ0n) is 12.1. The minimum atomic E-state index is -1.03. The van der Waals surface area contributed by atoms with E-state index >= 15 is 0 Å². The average Bonchev–Trinajstić information content (AvgIpc) is 2.42. The second kappa shape index (κ2) is 6.11. The maximum absolute atomic E-state index is 13.7. The van der Waals surface area contributed by atoms with Crippen LogP contribution in [0.4, 0.5) is 14.9 Å². The van der Waals surface area contributed by atoms with Crippen LogP contribution in [0, 0.1) is 18.7 Å². The van der Waals surface area contributed by atoms with Crippen molar-refractivity contribution >= 4 is 17.7 Å². The number of hydrogen-bond acceptors (Lipinski definition) is 2. The molecule has 0 radical (unpaired) electrons. The van der Waals surface area contributed by atoms with E-state index in [0.717, 1.165) is 12.0 Å². The highest BCUT2D eigenvalue weighted by molar-refractivity contribution is 5.92. The van der Waals surface area contributed by atoms with E-state index in [1.54, 1.807) is 13.0 Å². The van der Waals surface area contributed by atoms with E-state index in [9.17, 15) is 19.1 Å². The normalized spacial score (nSPS) is 22.0. The third-order valence-electron chi connectivity index (χ3n) is 3.77. The summed E-state index contributed by atoms with van der Waals surface area (Å²) in [4.78, 5) is 24.8. The maximum atomic E-state index is 13.7. The van der Waals surface area contributed by atoms with Gasteiger partial charge in [0.1, 0.15) is 11.9 Å². The molecule has 2 N–H and O–H groups in total. The van der Waals surface area contributed by atoms with E-state index in [0.29, 0.717) is 13.0 Å². The molecule has 2 unspecified atom stereocenters. The summed E-state index contributed by atoms with van der Waals surface area (Å²) < 4.78 is 13.7. The summed E-state index contributed by atoms with van der Waals surface area (Å²) in [6.45, 7) is 4.11. The summed E-state index contributed by atoms with van der Waals surface area (Å²) in [6.07, 6.45) is 1.16. The van der Waals surface area contributed by atoms with E-state index in [-0.39, 0.29) is 11.6 Å². The Kier molecular flexibility index (Phi) is 4.45. The molecule has 21 heavy (non-hydrogen) atoms. The lowest BCUT2D eigenvalue weighted by molar-refractivity contribution is -0.143. The first-order valence-corrected chi connectivity index (χ1v) is 6.95. The molecule has 114 valence electrons. The molecule has 5 nitrogen and oxygen atoms in total. The molecule has 2 atom stereocenters. The largest absolute Gasteiger partial charge is 0.480 e. The minimum absolute atomic E-state index is 0.0720. The van der Waals surface area contributed by atoms with Gasteiger partial charge in [-0.3, -0.25) is 0 Å². The van der Waals surface area contributed by atoms with Gasteiger partial charge < -0.3 is 15.3 Å². The zero-order valence-corrected chi connectivity index (χ0v) is 12.1. The molecule has 1 fully saturated rings. The van der Waals surface area contributed by atoms with Crippen LogP contribution in [0.25, 0.3) is 0 Å². The number of amides is 2. The number of nitrogens with one attached hydrogen (secondary N) is 1. The number of likely N-dealkylation sites (tertiary alicyclic amines) is 1. The van der Waals surface area contributed by atoms with Crippen molar-refractivity contribution in [3.05, 3.63) is 29.6 Å². The summed E-state index contributed by atoms with van der Waals surface area (Å²) in [7, 11) is 0. The van der Waals surface area contributed by atoms with Gasteiger partial charge >= 0.3 is 12.0 Å². The number of aliphatic carboxylic acids is 1. The number of carboxylic acid groups (broad SMARTS) is 1. The fourth-order valence-corrected chi connectivity index (χ4v) is 2.54. The van der Waals surface area contributed by atoms with E-state index in [1.807, 2.05) is 6.92 Å². The standard InChI is InChI=1S/C15H19FN2O3/c1-9-3-4-11(16)12(7-9)17-15(21)18-6-5-10(2)8-13(18)14(19)20/h3-4,7,10,13H,5-6,8H2,1-2H3,(H,17,21)(H,19,20). The van der Waals surface area contributed by atoms with E-state index in [4.69, 9.17) is 0 Å². The number of carboxylic acids is 1. The van der Waals surface area contributed by atoms with Crippen molar-refractivity contribution < 1.29 is 19.1 Å². The molecule has 2 rings (SSSR count). The molecule has 0 spiro atoms. The number of benzene rings is 1. The van der Waals surface area contributed by atoms with Crippen molar-refractivity contribution in [1.29, 1.82) is 0 Å². The summed E-state index contributed by atoms with van der Waals surface area (Å²) in [5.74, 6) is -1.31. The number of aryl methyl sites for hydroxylation is 1. The van der Waals surface area contributed by atoms with Crippen molar-refractivity contribution in [3.8, 4) is 0 Å². The van der Waals surface area contributed by atoms with Gasteiger partial charge in [0, 0.05) is 6.54 Å². The van der Waals surface area contributed by atoms with Gasteiger partial charge in [0.2, 0.25) is 0 Å². The number of rotatable bonds is 2. The molecular formula is C15H19FN2O3. The van der Waals surface area contributed by atoms with Gasteiger partial charge in [-0.05, 0) is 43.4 Å². The predicted octanol–water partition coefficient (Wildman–Crippen LogP) is 2.85. The summed E-state index contributed by atoms with van der Waals surface area (Å²) >= 11 is 0. The Balaban J connectivity index is 2.15. The third-order valence-corrected chi connectivity index (χ3v) is 3.77. The van der Waals surface area contributed by atoms with E-state index in [1.165, 1.54) is 17.0 Å². The van der Waals surface area contributed by atoms with E-state index < -0.39 is 23.9 Å². The Morgan fingerprint density at radius 2 is 2.14 bits per heavy atom. The number of carbonyl (C=O) groups excluding carboxylic acids is 1. The first kappa shape index (κ1) is 15.3. The molecule has 6 heteroatoms. The van der Waals surface area contributed by atoms with Crippen LogP contribution in [-0.4, -0.2) is 34.6 Å². The first-order chi connectivity index (χ1) is 9.88. The van der Waals surface area contributed by atoms with Gasteiger partial charge in [0.25, 0.3) is 0 Å². The van der Waals surface area contributed by atoms with Crippen molar-refractivity contribution in [3.63, 3.8) is 0 Å². The minimum Gasteiger partial charge on any atom is -0.480 e. The number of hydrogen-bond donors (Lipinski definition) is 2. The highest BCUT2D eigenvalue weighted by Gasteiger charge is 2.34. The lowest BCUT2D eigenvalue weighted by Gasteiger charge is -2.35. The molecule has 0 bridgehead atoms. The molecule has 1 aliphatic heterocycles. The van der Waals surface area contributed by atoms with Crippen LogP contribution in [0.1, 0.15) is 25.3 Å². The van der Waals surface area contributed by atoms with Crippen molar-refractivity contribution in [2.75, 3.05) is 11.9 Å². The SMILES string of the molecule is Cc1ccc(F)c(NC(=O)N2CCC(C)CC2C(=O)O)c1. The van der Waals surface area contributed by atoms with Crippen LogP contribution in [0.3, 0.4) is 0 Å². The average molecular weight is 294 g/mol. The smallest absolute Gasteiger partial charge is 0.326 e. The van der Waals surface area contributed by atoms with Gasteiger partial charge in [-0.25, -0.2) is 14.0 Å². The highest BCUT2D eigenvalue weighted by atomic mass is 19.1. The molecule has 1 aliphatic rings. The summed E-state index contributed by atoms with van der Waals surface area (Å²) in [5, 5.41) is 11.7. The zero-order chi connectivity index (χ0) is 15.6. The molecule has 0 aliphatic carbocycles. The lowest BCUT2D eigenvalue weighted by atomic mass is 9.93. The first-order valence-electron chi connectivity index (χ1n) is 6.95. The van der Waals surface area contributed by atoms with Gasteiger partial charge in [0.15, 0.2) is 0 Å². The molecule has 1 aromatic carbocycles. The Morgan fingerprint density at radius 1 is 1.43 bits per heavy atom. The quantitative estimate of drug-likeness (QED) is 0.881. The number of urea groups is 1. The van der Waals surface area contributed by atoms with Crippen LogP contribution in [0.5, 0.6) is 0 Å². The number of anilines is 1. The third kappa shape index (κ3) is 3.51. The molecular weight excluding hydrogens is 275 g/mol. The van der Waals surface area contributed by atoms with Crippen LogP contribution in [0.2, 0.25) is 0 Å². The lowest BCUT2D eigenvalue weighted by Crippen LogP contribution is -2.51. The molecule has 1 heterocycles. The molecule has 0 saturated carbocycles. The van der Waals surface area contributed by atoms with Gasteiger partial charge in [0.05, 0.1) is 5.69 Å². The number of nitrogens with zero attached hydrogens (tertiary/aromatic N) is 1. The van der Waals surface area contributed by atoms with E-state index in [2.05, 4.69) is 5.32 Å². The second-order valence-corrected chi connectivity index (χ2v) is 5.59. The second-order valence-electron chi connectivity index (χ2n) is 5.59. The number of carbonyl (C=O) groups is 2. The Hall–Kier alpha value is -2.11. The predicted molar refractivity (Wildman–Crippen MR) is 76.7 cm³/mol. The number of halogens is 1. The van der Waals surface area contributed by atoms with Gasteiger partial charge in [-0.1, -0.05) is 13.0 Å². The summed E-state index contributed by atoms with van der Waals surface area (Å²) in [6, 6.07) is 2.97. The van der Waals surface area contributed by atoms with Crippen molar-refractivity contribution in [2.45, 2.75) is 32.7 Å². The van der Waals surface area contributed by atoms with Crippen LogP contribution >= 0.6 is 0 Å². The molecule has 1 aromatic rings. The van der Waals surface area contributed by atoms with Crippen molar-refractivity contribution in [2.24, 2.45) is 5.92 Å². The maximum Gasteiger partial charge on any atom is 0.326 e. The monoisotopic (exact) mass is 294 g/mol. The Bertz CT molecular complexity index is 562. The van der Waals surface area contributed by atoms with Crippen LogP contribution in [-0.2, 0) is 4.79 Å². The molecule has 0 aromatic heterocycles. The highest BCUT2D eigenvalue weighted by Crippen LogP contribution is 2.24. The van der Waals surface area contributed by atoms with Gasteiger partial charge in [-0.2, -0.15) is 0 Å². The summed E-state index contributed by atoms with van der Waals surface area (Å²) in [5.41, 5.74) is 0.886. The topological polar surface area (TPSA) is 69.6 Å². The molecule has 1 saturated heterocycles. The fraction of sp³-hybridized carbons (Fsp3) is 0.467. The Labute approximate surface area is 122 Å². The number of piperidine rings is 1. The Morgan fingerprint density at radius 3 is 2.81 bits per heavy atom. The van der Waals surface area contributed by atoms with Crippen LogP contribution < -0.4 is 5.32 Å². The van der Waals surface area contributed by atoms with Gasteiger partial charge in [-0.15, -0.1) is 0 Å². The fourth-order valence-electron chi connectivity index (χ4n) is 2.54. The molecule has 2 amide bonds.